The Morgan fingerprint density at radius 1 is 1.00 bits per heavy atom. The standard InChI is InChI=1S/C19H15NOS/c1-14-19(22-13-20-14)18(21)12-9-15-7-10-17(11-8-15)16-5-3-2-4-6-16/h2-13H,1H3/b12-9+. The summed E-state index contributed by atoms with van der Waals surface area (Å²) in [4.78, 5) is 16.9. The van der Waals surface area contributed by atoms with Crippen LogP contribution in [-0.2, 0) is 0 Å². The van der Waals surface area contributed by atoms with Crippen LogP contribution in [0.3, 0.4) is 0 Å². The molecule has 1 heterocycles. The molecule has 0 spiro atoms. The Morgan fingerprint density at radius 3 is 2.32 bits per heavy atom. The number of carbonyl (C=O) groups is 1. The molecule has 0 bridgehead atoms. The van der Waals surface area contributed by atoms with Crippen LogP contribution in [0.25, 0.3) is 17.2 Å². The topological polar surface area (TPSA) is 30.0 Å². The maximum absolute atomic E-state index is 12.1. The summed E-state index contributed by atoms with van der Waals surface area (Å²) in [5.41, 5.74) is 5.86. The van der Waals surface area contributed by atoms with Gasteiger partial charge in [-0.05, 0) is 29.7 Å². The number of nitrogens with zero attached hydrogens (tertiary/aromatic N) is 1. The van der Waals surface area contributed by atoms with Crippen molar-refractivity contribution in [3.05, 3.63) is 82.3 Å². The molecule has 108 valence electrons. The fourth-order valence-electron chi connectivity index (χ4n) is 2.20. The summed E-state index contributed by atoms with van der Waals surface area (Å²) in [7, 11) is 0. The van der Waals surface area contributed by atoms with E-state index in [1.807, 2.05) is 43.3 Å². The van der Waals surface area contributed by atoms with Gasteiger partial charge in [-0.15, -0.1) is 11.3 Å². The normalized spacial score (nSPS) is 11.0. The molecule has 0 aliphatic heterocycles. The first kappa shape index (κ1) is 14.4. The van der Waals surface area contributed by atoms with Crippen molar-refractivity contribution in [3.63, 3.8) is 0 Å². The number of hydrogen-bond acceptors (Lipinski definition) is 3. The Bertz CT molecular complexity index is 801. The van der Waals surface area contributed by atoms with E-state index in [0.29, 0.717) is 4.88 Å². The number of benzene rings is 2. The van der Waals surface area contributed by atoms with Crippen LogP contribution < -0.4 is 0 Å². The molecule has 0 radical (unpaired) electrons. The lowest BCUT2D eigenvalue weighted by Crippen LogP contribution is -1.93. The Kier molecular flexibility index (Phi) is 4.26. The van der Waals surface area contributed by atoms with Crippen LogP contribution >= 0.6 is 11.3 Å². The van der Waals surface area contributed by atoms with Crippen LogP contribution in [-0.4, -0.2) is 10.8 Å². The van der Waals surface area contributed by atoms with Crippen molar-refractivity contribution in [3.8, 4) is 11.1 Å². The predicted molar refractivity (Wildman–Crippen MR) is 92.1 cm³/mol. The smallest absolute Gasteiger partial charge is 0.197 e. The van der Waals surface area contributed by atoms with Gasteiger partial charge in [0.05, 0.1) is 16.1 Å². The predicted octanol–water partition coefficient (Wildman–Crippen LogP) is 5.01. The molecule has 0 amide bonds. The van der Waals surface area contributed by atoms with E-state index in [4.69, 9.17) is 0 Å². The van der Waals surface area contributed by atoms with Crippen molar-refractivity contribution in [2.45, 2.75) is 6.92 Å². The number of rotatable bonds is 4. The highest BCUT2D eigenvalue weighted by Gasteiger charge is 2.07. The van der Waals surface area contributed by atoms with E-state index in [2.05, 4.69) is 29.2 Å². The van der Waals surface area contributed by atoms with Crippen molar-refractivity contribution in [2.75, 3.05) is 0 Å². The molecule has 0 saturated heterocycles. The molecule has 0 N–H and O–H groups in total. The second-order valence-electron chi connectivity index (χ2n) is 4.95. The molecule has 0 saturated carbocycles. The molecular formula is C19H15NOS. The molecular weight excluding hydrogens is 290 g/mol. The molecule has 22 heavy (non-hydrogen) atoms. The van der Waals surface area contributed by atoms with E-state index < -0.39 is 0 Å². The van der Waals surface area contributed by atoms with Gasteiger partial charge in [0, 0.05) is 0 Å². The monoisotopic (exact) mass is 305 g/mol. The zero-order chi connectivity index (χ0) is 15.4. The summed E-state index contributed by atoms with van der Waals surface area (Å²) in [6.07, 6.45) is 3.45. The molecule has 0 unspecified atom stereocenters. The van der Waals surface area contributed by atoms with Crippen molar-refractivity contribution in [1.29, 1.82) is 0 Å². The lowest BCUT2D eigenvalue weighted by atomic mass is 10.0. The van der Waals surface area contributed by atoms with E-state index in [9.17, 15) is 4.79 Å². The van der Waals surface area contributed by atoms with Crippen LogP contribution in [0, 0.1) is 6.92 Å². The van der Waals surface area contributed by atoms with Gasteiger partial charge in [-0.25, -0.2) is 4.98 Å². The van der Waals surface area contributed by atoms with Gasteiger partial charge >= 0.3 is 0 Å². The fourth-order valence-corrected chi connectivity index (χ4v) is 2.93. The average molecular weight is 305 g/mol. The third kappa shape index (κ3) is 3.21. The summed E-state index contributed by atoms with van der Waals surface area (Å²) in [5.74, 6) is 0.00661. The van der Waals surface area contributed by atoms with Crippen LogP contribution in [0.5, 0.6) is 0 Å². The van der Waals surface area contributed by atoms with Gasteiger partial charge in [0.15, 0.2) is 5.78 Å². The molecule has 0 aliphatic rings. The van der Waals surface area contributed by atoms with Crippen molar-refractivity contribution < 1.29 is 4.79 Å². The van der Waals surface area contributed by atoms with Gasteiger partial charge in [-0.1, -0.05) is 60.7 Å². The number of hydrogen-bond donors (Lipinski definition) is 0. The number of aryl methyl sites for hydroxylation is 1. The van der Waals surface area contributed by atoms with Crippen molar-refractivity contribution >= 4 is 23.2 Å². The van der Waals surface area contributed by atoms with E-state index >= 15 is 0 Å². The maximum Gasteiger partial charge on any atom is 0.197 e. The third-order valence-corrected chi connectivity index (χ3v) is 4.36. The molecule has 0 aliphatic carbocycles. The summed E-state index contributed by atoms with van der Waals surface area (Å²) >= 11 is 1.38. The molecule has 2 nitrogen and oxygen atoms in total. The highest BCUT2D eigenvalue weighted by molar-refractivity contribution is 7.12. The lowest BCUT2D eigenvalue weighted by molar-refractivity contribution is 0.105. The summed E-state index contributed by atoms with van der Waals surface area (Å²) in [6.45, 7) is 1.85. The maximum atomic E-state index is 12.1. The van der Waals surface area contributed by atoms with Gasteiger partial charge in [-0.2, -0.15) is 0 Å². The minimum absolute atomic E-state index is 0.00661. The van der Waals surface area contributed by atoms with Gasteiger partial charge in [0.25, 0.3) is 0 Å². The first-order chi connectivity index (χ1) is 10.7. The minimum atomic E-state index is 0.00661. The zero-order valence-electron chi connectivity index (χ0n) is 12.2. The van der Waals surface area contributed by atoms with Gasteiger partial charge in [0.1, 0.15) is 0 Å². The second-order valence-corrected chi connectivity index (χ2v) is 5.81. The fraction of sp³-hybridized carbons (Fsp3) is 0.0526. The highest BCUT2D eigenvalue weighted by Crippen LogP contribution is 2.20. The minimum Gasteiger partial charge on any atom is -0.288 e. The first-order valence-corrected chi connectivity index (χ1v) is 7.90. The summed E-state index contributed by atoms with van der Waals surface area (Å²) in [6, 6.07) is 18.4. The zero-order valence-corrected chi connectivity index (χ0v) is 13.0. The molecule has 3 rings (SSSR count). The Hall–Kier alpha value is -2.52. The third-order valence-electron chi connectivity index (χ3n) is 3.41. The van der Waals surface area contributed by atoms with Crippen molar-refractivity contribution in [2.24, 2.45) is 0 Å². The van der Waals surface area contributed by atoms with Crippen molar-refractivity contribution in [1.82, 2.24) is 4.98 Å². The Balaban J connectivity index is 1.75. The molecule has 3 aromatic rings. The van der Waals surface area contributed by atoms with Gasteiger partial charge < -0.3 is 0 Å². The Labute approximate surface area is 133 Å². The number of carbonyl (C=O) groups excluding carboxylic acids is 1. The van der Waals surface area contributed by atoms with E-state index in [1.165, 1.54) is 22.5 Å². The summed E-state index contributed by atoms with van der Waals surface area (Å²) < 4.78 is 0. The van der Waals surface area contributed by atoms with Crippen LogP contribution in [0.15, 0.2) is 66.2 Å². The molecule has 2 aromatic carbocycles. The SMILES string of the molecule is Cc1ncsc1C(=O)/C=C/c1ccc(-c2ccccc2)cc1. The van der Waals surface area contributed by atoms with Crippen LogP contribution in [0.2, 0.25) is 0 Å². The second kappa shape index (κ2) is 6.50. The van der Waals surface area contributed by atoms with E-state index in [1.54, 1.807) is 11.6 Å². The highest BCUT2D eigenvalue weighted by atomic mass is 32.1. The van der Waals surface area contributed by atoms with Crippen LogP contribution in [0.4, 0.5) is 0 Å². The largest absolute Gasteiger partial charge is 0.288 e. The van der Waals surface area contributed by atoms with Gasteiger partial charge in [-0.3, -0.25) is 4.79 Å². The van der Waals surface area contributed by atoms with E-state index in [0.717, 1.165) is 11.3 Å². The molecule has 1 aromatic heterocycles. The molecule has 0 atom stereocenters. The average Bonchev–Trinajstić information content (AvgIpc) is 3.00. The number of thiazole rings is 1. The number of allylic oxidation sites excluding steroid dienone is 1. The quantitative estimate of drug-likeness (QED) is 0.500. The van der Waals surface area contributed by atoms with Gasteiger partial charge in [0.2, 0.25) is 0 Å². The van der Waals surface area contributed by atoms with Crippen LogP contribution in [0.1, 0.15) is 20.9 Å². The number of aromatic nitrogens is 1. The first-order valence-electron chi connectivity index (χ1n) is 7.02. The summed E-state index contributed by atoms with van der Waals surface area (Å²) in [5, 5.41) is 0. The number of ketones is 1. The molecule has 0 fully saturated rings. The molecule has 3 heteroatoms. The van der Waals surface area contributed by atoms with E-state index in [-0.39, 0.29) is 5.78 Å². The Morgan fingerprint density at radius 2 is 1.68 bits per heavy atom. The lowest BCUT2D eigenvalue weighted by Gasteiger charge is -2.01.